The molecule has 0 saturated carbocycles. The molecule has 0 unspecified atom stereocenters. The molecule has 7 nitrogen and oxygen atoms in total. The normalized spacial score (nSPS) is 11.0. The second kappa shape index (κ2) is 6.89. The fourth-order valence-corrected chi connectivity index (χ4v) is 3.85. The van der Waals surface area contributed by atoms with E-state index in [4.69, 9.17) is 23.1 Å². The highest BCUT2D eigenvalue weighted by molar-refractivity contribution is 7.20. The predicted octanol–water partition coefficient (Wildman–Crippen LogP) is 2.06. The number of halogens is 1. The van der Waals surface area contributed by atoms with Crippen LogP contribution in [-0.4, -0.2) is 21.4 Å². The molecule has 0 radical (unpaired) electrons. The third-order valence-corrected chi connectivity index (χ3v) is 5.41. The van der Waals surface area contributed by atoms with Gasteiger partial charge in [0.25, 0.3) is 11.5 Å². The first-order chi connectivity index (χ1) is 12.3. The first-order valence-corrected chi connectivity index (χ1v) is 8.87. The van der Waals surface area contributed by atoms with Crippen LogP contribution in [-0.2, 0) is 11.3 Å². The lowest BCUT2D eigenvalue weighted by Crippen LogP contribution is -2.26. The van der Waals surface area contributed by atoms with Gasteiger partial charge in [0.1, 0.15) is 10.7 Å². The van der Waals surface area contributed by atoms with Crippen LogP contribution >= 0.6 is 22.9 Å². The van der Waals surface area contributed by atoms with E-state index in [0.717, 1.165) is 11.3 Å². The topological polar surface area (TPSA) is 121 Å². The van der Waals surface area contributed by atoms with Gasteiger partial charge in [-0.25, -0.2) is 4.98 Å². The van der Waals surface area contributed by atoms with E-state index < -0.39 is 11.8 Å². The molecule has 0 bridgehead atoms. The van der Waals surface area contributed by atoms with Crippen molar-refractivity contribution in [2.24, 2.45) is 11.5 Å². The average Bonchev–Trinajstić information content (AvgIpc) is 2.91. The molecule has 1 aromatic carbocycles. The van der Waals surface area contributed by atoms with Gasteiger partial charge in [0.05, 0.1) is 10.3 Å². The molecule has 9 heteroatoms. The average molecular weight is 391 g/mol. The van der Waals surface area contributed by atoms with Crippen molar-refractivity contribution in [3.8, 4) is 11.4 Å². The Kier molecular flexibility index (Phi) is 4.80. The summed E-state index contributed by atoms with van der Waals surface area (Å²) in [6.45, 7) is 1.73. The summed E-state index contributed by atoms with van der Waals surface area (Å²) in [6, 6.07) is 6.82. The maximum atomic E-state index is 13.1. The number of carbonyl (C=O) groups is 2. The molecule has 26 heavy (non-hydrogen) atoms. The lowest BCUT2D eigenvalue weighted by atomic mass is 10.1. The molecule has 0 aliphatic carbocycles. The van der Waals surface area contributed by atoms with Crippen LogP contribution in [0.2, 0.25) is 5.02 Å². The number of hydrogen-bond donors (Lipinski definition) is 2. The number of aryl methyl sites for hydroxylation is 1. The van der Waals surface area contributed by atoms with E-state index in [9.17, 15) is 14.4 Å². The van der Waals surface area contributed by atoms with Crippen LogP contribution < -0.4 is 17.0 Å². The van der Waals surface area contributed by atoms with Crippen LogP contribution in [0, 0.1) is 6.92 Å². The lowest BCUT2D eigenvalue weighted by Gasteiger charge is -2.12. The number of primary amides is 2. The van der Waals surface area contributed by atoms with Gasteiger partial charge in [-0.1, -0.05) is 11.6 Å². The third kappa shape index (κ3) is 3.21. The SMILES string of the molecule is Cc1c(C(N)=O)sc2nc(-c3ccc(Cl)cc3)n(CCC(N)=O)c(=O)c12. The van der Waals surface area contributed by atoms with E-state index in [0.29, 0.717) is 37.1 Å². The van der Waals surface area contributed by atoms with Crippen LogP contribution in [0.4, 0.5) is 0 Å². The number of fused-ring (bicyclic) bond motifs is 1. The molecule has 3 rings (SSSR count). The highest BCUT2D eigenvalue weighted by Gasteiger charge is 2.21. The number of rotatable bonds is 5. The molecule has 3 aromatic rings. The van der Waals surface area contributed by atoms with Gasteiger partial charge in [-0.15, -0.1) is 11.3 Å². The van der Waals surface area contributed by atoms with Crippen LogP contribution in [0.25, 0.3) is 21.6 Å². The minimum Gasteiger partial charge on any atom is -0.370 e. The maximum Gasteiger partial charge on any atom is 0.262 e. The van der Waals surface area contributed by atoms with E-state index in [-0.39, 0.29) is 18.5 Å². The number of hydrogen-bond acceptors (Lipinski definition) is 5. The summed E-state index contributed by atoms with van der Waals surface area (Å²) in [4.78, 5) is 41.1. The zero-order valence-electron chi connectivity index (χ0n) is 13.8. The number of amides is 2. The Labute approximate surface area is 157 Å². The second-order valence-electron chi connectivity index (χ2n) is 5.72. The molecule has 0 aliphatic rings. The molecule has 0 aliphatic heterocycles. The predicted molar refractivity (Wildman–Crippen MR) is 101 cm³/mol. The van der Waals surface area contributed by atoms with Crippen molar-refractivity contribution in [3.63, 3.8) is 0 Å². The largest absolute Gasteiger partial charge is 0.370 e. The number of thiophene rings is 1. The Hall–Kier alpha value is -2.71. The first kappa shape index (κ1) is 18.1. The van der Waals surface area contributed by atoms with Crippen molar-refractivity contribution in [1.29, 1.82) is 0 Å². The molecule has 0 spiro atoms. The van der Waals surface area contributed by atoms with Gasteiger partial charge in [0.15, 0.2) is 0 Å². The van der Waals surface area contributed by atoms with E-state index in [1.54, 1.807) is 31.2 Å². The summed E-state index contributed by atoms with van der Waals surface area (Å²) in [6.07, 6.45) is -0.0143. The van der Waals surface area contributed by atoms with Gasteiger partial charge >= 0.3 is 0 Å². The Morgan fingerprint density at radius 1 is 1.23 bits per heavy atom. The van der Waals surface area contributed by atoms with Crippen molar-refractivity contribution < 1.29 is 9.59 Å². The van der Waals surface area contributed by atoms with E-state index >= 15 is 0 Å². The van der Waals surface area contributed by atoms with Crippen molar-refractivity contribution in [2.75, 3.05) is 0 Å². The zero-order chi connectivity index (χ0) is 19.0. The molecule has 0 saturated heterocycles. The molecular weight excluding hydrogens is 376 g/mol. The highest BCUT2D eigenvalue weighted by atomic mass is 35.5. The fourth-order valence-electron chi connectivity index (χ4n) is 2.70. The Morgan fingerprint density at radius 3 is 2.46 bits per heavy atom. The Bertz CT molecular complexity index is 1090. The van der Waals surface area contributed by atoms with E-state index in [2.05, 4.69) is 4.98 Å². The molecule has 0 fully saturated rings. The molecule has 0 atom stereocenters. The van der Waals surface area contributed by atoms with Crippen molar-refractivity contribution in [2.45, 2.75) is 19.9 Å². The molecule has 2 aromatic heterocycles. The van der Waals surface area contributed by atoms with Gasteiger partial charge in [-0.2, -0.15) is 0 Å². The van der Waals surface area contributed by atoms with Crippen LogP contribution in [0.1, 0.15) is 21.7 Å². The summed E-state index contributed by atoms with van der Waals surface area (Å²) in [5, 5.41) is 0.870. The van der Waals surface area contributed by atoms with Crippen molar-refractivity contribution >= 4 is 45.0 Å². The number of benzene rings is 1. The smallest absolute Gasteiger partial charge is 0.262 e. The molecule has 2 heterocycles. The van der Waals surface area contributed by atoms with Crippen LogP contribution in [0.3, 0.4) is 0 Å². The first-order valence-electron chi connectivity index (χ1n) is 7.67. The third-order valence-electron chi connectivity index (χ3n) is 3.96. The van der Waals surface area contributed by atoms with E-state index in [1.165, 1.54) is 4.57 Å². The standard InChI is InChI=1S/C17H15ClN4O3S/c1-8-12-16(26-13(8)14(20)24)21-15(9-2-4-10(18)5-3-9)22(17(12)25)7-6-11(19)23/h2-5H,6-7H2,1H3,(H2,19,23)(H2,20,24). The summed E-state index contributed by atoms with van der Waals surface area (Å²) in [7, 11) is 0. The number of nitrogens with two attached hydrogens (primary N) is 2. The van der Waals surface area contributed by atoms with Crippen LogP contribution in [0.5, 0.6) is 0 Å². The number of aromatic nitrogens is 2. The lowest BCUT2D eigenvalue weighted by molar-refractivity contribution is -0.118. The summed E-state index contributed by atoms with van der Waals surface area (Å²) >= 11 is 7.00. The maximum absolute atomic E-state index is 13.1. The Morgan fingerprint density at radius 2 is 1.88 bits per heavy atom. The van der Waals surface area contributed by atoms with Crippen molar-refractivity contribution in [3.05, 3.63) is 50.1 Å². The molecule has 4 N–H and O–H groups in total. The van der Waals surface area contributed by atoms with Crippen LogP contribution in [0.15, 0.2) is 29.1 Å². The minimum absolute atomic E-state index is 0.0143. The fraction of sp³-hybridized carbons (Fsp3) is 0.176. The second-order valence-corrected chi connectivity index (χ2v) is 7.15. The quantitative estimate of drug-likeness (QED) is 0.692. The van der Waals surface area contributed by atoms with E-state index in [1.807, 2.05) is 0 Å². The summed E-state index contributed by atoms with van der Waals surface area (Å²) in [5.41, 5.74) is 11.4. The minimum atomic E-state index is -0.610. The Balaban J connectivity index is 2.32. The highest BCUT2D eigenvalue weighted by Crippen LogP contribution is 2.29. The van der Waals surface area contributed by atoms with Gasteiger partial charge in [-0.05, 0) is 36.8 Å². The van der Waals surface area contributed by atoms with Gasteiger partial charge < -0.3 is 11.5 Å². The van der Waals surface area contributed by atoms with Gasteiger partial charge in [-0.3, -0.25) is 19.0 Å². The monoisotopic (exact) mass is 390 g/mol. The number of nitrogens with zero attached hydrogens (tertiary/aromatic N) is 2. The number of carbonyl (C=O) groups excluding carboxylic acids is 2. The van der Waals surface area contributed by atoms with Gasteiger partial charge in [0, 0.05) is 23.6 Å². The summed E-state index contributed by atoms with van der Waals surface area (Å²) < 4.78 is 1.39. The molecular formula is C17H15ClN4O3S. The van der Waals surface area contributed by atoms with Crippen molar-refractivity contribution in [1.82, 2.24) is 9.55 Å². The zero-order valence-corrected chi connectivity index (χ0v) is 15.4. The van der Waals surface area contributed by atoms with Gasteiger partial charge in [0.2, 0.25) is 5.91 Å². The molecule has 134 valence electrons. The summed E-state index contributed by atoms with van der Waals surface area (Å²) in [5.74, 6) is -0.766. The molecule has 2 amide bonds.